The molecule has 2 aliphatic rings. The molecule has 1 saturated carbocycles. The van der Waals surface area contributed by atoms with Crippen molar-refractivity contribution in [1.82, 2.24) is 0 Å². The van der Waals surface area contributed by atoms with Crippen LogP contribution in [0.5, 0.6) is 5.75 Å². The molecule has 1 atom stereocenters. The first-order valence-electron chi connectivity index (χ1n) is 7.36. The van der Waals surface area contributed by atoms with Crippen LogP contribution in [-0.4, -0.2) is 18.3 Å². The Labute approximate surface area is 127 Å². The number of hydrogen-bond donors (Lipinski definition) is 0. The van der Waals surface area contributed by atoms with Crippen LogP contribution in [0, 0.1) is 5.82 Å². The molecule has 1 aromatic rings. The summed E-state index contributed by atoms with van der Waals surface area (Å²) in [5, 5.41) is 0.606. The third-order valence-corrected chi connectivity index (χ3v) is 5.04. The first kappa shape index (κ1) is 14.3. The lowest BCUT2D eigenvalue weighted by molar-refractivity contribution is -0.108. The molecule has 4 heteroatoms. The molecule has 2 nitrogen and oxygen atoms in total. The summed E-state index contributed by atoms with van der Waals surface area (Å²) in [6.45, 7) is 0.725. The van der Waals surface area contributed by atoms with Gasteiger partial charge in [0.1, 0.15) is 6.10 Å². The van der Waals surface area contributed by atoms with Crippen molar-refractivity contribution in [2.75, 3.05) is 6.61 Å². The highest BCUT2D eigenvalue weighted by Crippen LogP contribution is 2.41. The van der Waals surface area contributed by atoms with Gasteiger partial charge in [-0.1, -0.05) is 40.9 Å². The van der Waals surface area contributed by atoms with Crippen molar-refractivity contribution >= 4 is 15.9 Å². The van der Waals surface area contributed by atoms with Crippen LogP contribution in [-0.2, 0) is 10.1 Å². The first-order valence-corrected chi connectivity index (χ1v) is 8.49. The van der Waals surface area contributed by atoms with Crippen molar-refractivity contribution in [2.24, 2.45) is 0 Å². The predicted octanol–water partition coefficient (Wildman–Crippen LogP) is 4.59. The van der Waals surface area contributed by atoms with E-state index in [4.69, 9.17) is 9.47 Å². The van der Waals surface area contributed by atoms with Crippen LogP contribution in [0.4, 0.5) is 4.39 Å². The minimum atomic E-state index is -0.270. The van der Waals surface area contributed by atoms with Gasteiger partial charge in [-0.3, -0.25) is 0 Å². The SMILES string of the molecule is Fc1cccc(CBr)c1OC1CCOC2(CCCC2)C1. The highest BCUT2D eigenvalue weighted by molar-refractivity contribution is 9.08. The van der Waals surface area contributed by atoms with E-state index in [1.165, 1.54) is 18.9 Å². The summed E-state index contributed by atoms with van der Waals surface area (Å²) < 4.78 is 26.0. The number of halogens is 2. The van der Waals surface area contributed by atoms with E-state index in [0.717, 1.165) is 37.9 Å². The van der Waals surface area contributed by atoms with Crippen molar-refractivity contribution in [3.05, 3.63) is 29.6 Å². The molecule has 0 bridgehead atoms. The molecule has 0 aromatic heterocycles. The monoisotopic (exact) mass is 342 g/mol. The predicted molar refractivity (Wildman–Crippen MR) is 79.8 cm³/mol. The van der Waals surface area contributed by atoms with Crippen LogP contribution < -0.4 is 4.74 Å². The quantitative estimate of drug-likeness (QED) is 0.748. The van der Waals surface area contributed by atoms with Gasteiger partial charge in [0.05, 0.1) is 12.2 Å². The molecule has 1 heterocycles. The molecule has 1 unspecified atom stereocenters. The van der Waals surface area contributed by atoms with Gasteiger partial charge >= 0.3 is 0 Å². The molecule has 1 aromatic carbocycles. The summed E-state index contributed by atoms with van der Waals surface area (Å²) in [6.07, 6.45) is 6.51. The van der Waals surface area contributed by atoms with Gasteiger partial charge in [0.2, 0.25) is 0 Å². The Balaban J connectivity index is 1.74. The minimum absolute atomic E-state index is 0.00272. The van der Waals surface area contributed by atoms with Crippen LogP contribution >= 0.6 is 15.9 Å². The van der Waals surface area contributed by atoms with E-state index in [2.05, 4.69) is 15.9 Å². The normalized spacial score (nSPS) is 25.0. The molecule has 1 saturated heterocycles. The number of para-hydroxylation sites is 1. The first-order chi connectivity index (χ1) is 9.72. The Morgan fingerprint density at radius 1 is 1.35 bits per heavy atom. The largest absolute Gasteiger partial charge is 0.487 e. The number of alkyl halides is 1. The molecule has 1 aliphatic carbocycles. The molecule has 0 radical (unpaired) electrons. The molecule has 2 fully saturated rings. The van der Waals surface area contributed by atoms with Crippen molar-refractivity contribution < 1.29 is 13.9 Å². The zero-order valence-electron chi connectivity index (χ0n) is 11.5. The lowest BCUT2D eigenvalue weighted by atomic mass is 9.90. The highest BCUT2D eigenvalue weighted by atomic mass is 79.9. The van der Waals surface area contributed by atoms with E-state index < -0.39 is 0 Å². The molecule has 1 spiro atoms. The molecule has 110 valence electrons. The summed E-state index contributed by atoms with van der Waals surface area (Å²) in [5.74, 6) is 0.137. The van der Waals surface area contributed by atoms with E-state index >= 15 is 0 Å². The van der Waals surface area contributed by atoms with Crippen LogP contribution in [0.1, 0.15) is 44.1 Å². The lowest BCUT2D eigenvalue weighted by Crippen LogP contribution is -2.41. The smallest absolute Gasteiger partial charge is 0.165 e. The zero-order valence-corrected chi connectivity index (χ0v) is 13.1. The number of ether oxygens (including phenoxy) is 2. The summed E-state index contributed by atoms with van der Waals surface area (Å²) >= 11 is 3.40. The van der Waals surface area contributed by atoms with Gasteiger partial charge < -0.3 is 9.47 Å². The second-order valence-corrected chi connectivity index (χ2v) is 6.39. The highest BCUT2D eigenvalue weighted by Gasteiger charge is 2.41. The van der Waals surface area contributed by atoms with Gasteiger partial charge in [0.25, 0.3) is 0 Å². The van der Waals surface area contributed by atoms with Gasteiger partial charge in [-0.25, -0.2) is 4.39 Å². The standard InChI is InChI=1S/C16H20BrFO2/c17-11-12-4-3-5-14(18)15(12)20-13-6-9-19-16(10-13)7-1-2-8-16/h3-5,13H,1-2,6-11H2. The maximum Gasteiger partial charge on any atom is 0.165 e. The topological polar surface area (TPSA) is 18.5 Å². The molecular weight excluding hydrogens is 323 g/mol. The van der Waals surface area contributed by atoms with E-state index in [9.17, 15) is 4.39 Å². The van der Waals surface area contributed by atoms with Gasteiger partial charge in [-0.05, 0) is 18.9 Å². The van der Waals surface area contributed by atoms with Crippen LogP contribution in [0.3, 0.4) is 0 Å². The van der Waals surface area contributed by atoms with Crippen LogP contribution in [0.25, 0.3) is 0 Å². The van der Waals surface area contributed by atoms with Crippen molar-refractivity contribution in [1.29, 1.82) is 0 Å². The second-order valence-electron chi connectivity index (χ2n) is 5.83. The number of rotatable bonds is 3. The average Bonchev–Trinajstić information content (AvgIpc) is 2.89. The lowest BCUT2D eigenvalue weighted by Gasteiger charge is -2.38. The third kappa shape index (κ3) is 2.86. The average molecular weight is 343 g/mol. The molecular formula is C16H20BrFO2. The van der Waals surface area contributed by atoms with Gasteiger partial charge in [0, 0.05) is 23.7 Å². The van der Waals surface area contributed by atoms with E-state index in [1.807, 2.05) is 6.07 Å². The van der Waals surface area contributed by atoms with Crippen molar-refractivity contribution in [3.8, 4) is 5.75 Å². The second kappa shape index (κ2) is 6.02. The maximum atomic E-state index is 14.0. The Morgan fingerprint density at radius 2 is 2.15 bits per heavy atom. The fourth-order valence-corrected chi connectivity index (χ4v) is 3.85. The molecule has 3 rings (SSSR count). The Hall–Kier alpha value is -0.610. The Morgan fingerprint density at radius 3 is 2.90 bits per heavy atom. The fraction of sp³-hybridized carbons (Fsp3) is 0.625. The summed E-state index contributed by atoms with van der Waals surface area (Å²) in [4.78, 5) is 0. The van der Waals surface area contributed by atoms with E-state index in [-0.39, 0.29) is 17.5 Å². The molecule has 1 aliphatic heterocycles. The van der Waals surface area contributed by atoms with Gasteiger partial charge in [0.15, 0.2) is 11.6 Å². The van der Waals surface area contributed by atoms with Crippen LogP contribution in [0.15, 0.2) is 18.2 Å². The van der Waals surface area contributed by atoms with Gasteiger partial charge in [-0.15, -0.1) is 0 Å². The Bertz CT molecular complexity index is 472. The van der Waals surface area contributed by atoms with E-state index in [1.54, 1.807) is 6.07 Å². The van der Waals surface area contributed by atoms with E-state index in [0.29, 0.717) is 11.1 Å². The Kier molecular flexibility index (Phi) is 4.32. The fourth-order valence-electron chi connectivity index (χ4n) is 3.41. The zero-order chi connectivity index (χ0) is 14.0. The van der Waals surface area contributed by atoms with Crippen LogP contribution in [0.2, 0.25) is 0 Å². The molecule has 0 amide bonds. The molecule has 20 heavy (non-hydrogen) atoms. The van der Waals surface area contributed by atoms with Crippen molar-refractivity contribution in [2.45, 2.75) is 55.6 Å². The summed E-state index contributed by atoms with van der Waals surface area (Å²) in [7, 11) is 0. The maximum absolute atomic E-state index is 14.0. The summed E-state index contributed by atoms with van der Waals surface area (Å²) in [5.41, 5.74) is 0.875. The summed E-state index contributed by atoms with van der Waals surface area (Å²) in [6, 6.07) is 5.09. The van der Waals surface area contributed by atoms with Crippen molar-refractivity contribution in [3.63, 3.8) is 0 Å². The number of hydrogen-bond acceptors (Lipinski definition) is 2. The molecule has 0 N–H and O–H groups in total. The van der Waals surface area contributed by atoms with Gasteiger partial charge in [-0.2, -0.15) is 0 Å². The third-order valence-electron chi connectivity index (χ3n) is 4.44. The number of benzene rings is 1. The minimum Gasteiger partial charge on any atom is -0.487 e.